The molecule has 2 rings (SSSR count). The van der Waals surface area contributed by atoms with Gasteiger partial charge in [-0.2, -0.15) is 5.10 Å². The van der Waals surface area contributed by atoms with Gasteiger partial charge in [-0.25, -0.2) is 5.43 Å². The number of carbonyl (C=O) groups is 1. The Balaban J connectivity index is 1.83. The lowest BCUT2D eigenvalue weighted by atomic mass is 10.1. The number of nitrogens with one attached hydrogen (secondary N) is 1. The average molecular weight is 258 g/mol. The molecule has 0 saturated heterocycles. The molecule has 0 aliphatic carbocycles. The Bertz CT molecular complexity index is 545. The number of carbonyl (C=O) groups excluding carboxylic acids is 1. The summed E-state index contributed by atoms with van der Waals surface area (Å²) >= 11 is 0. The minimum atomic E-state index is -0.187. The molecule has 1 heterocycles. The summed E-state index contributed by atoms with van der Waals surface area (Å²) in [7, 11) is 1.60. The number of ether oxygens (including phenoxy) is 1. The van der Waals surface area contributed by atoms with Crippen LogP contribution in [0, 0.1) is 0 Å². The van der Waals surface area contributed by atoms with Crippen LogP contribution in [-0.4, -0.2) is 19.2 Å². The third kappa shape index (κ3) is 3.99. The van der Waals surface area contributed by atoms with Crippen LogP contribution in [0.25, 0.3) is 0 Å². The number of methoxy groups -OCH3 is 1. The Morgan fingerprint density at radius 3 is 2.79 bits per heavy atom. The van der Waals surface area contributed by atoms with E-state index in [0.717, 1.165) is 11.3 Å². The smallest absolute Gasteiger partial charge is 0.244 e. The maximum absolute atomic E-state index is 11.6. The maximum Gasteiger partial charge on any atom is 0.244 e. The molecule has 1 aromatic heterocycles. The van der Waals surface area contributed by atoms with E-state index in [1.165, 1.54) is 6.21 Å². The van der Waals surface area contributed by atoms with E-state index >= 15 is 0 Å². The number of amides is 1. The molecule has 1 aromatic carbocycles. The predicted octanol–water partition coefficient (Wildman–Crippen LogP) is 1.98. The lowest BCUT2D eigenvalue weighted by molar-refractivity contribution is -0.120. The van der Waals surface area contributed by atoms with E-state index < -0.39 is 0 Å². The van der Waals surface area contributed by atoms with E-state index in [1.807, 2.05) is 24.3 Å². The molecular formula is C14H14N2O3. The summed E-state index contributed by atoms with van der Waals surface area (Å²) < 4.78 is 10.1. The standard InChI is InChI=1S/C14H14N2O3/c1-18-12-6-4-11(5-7-12)9-14(17)16-15-10-13-3-2-8-19-13/h2-8,10H,9H2,1H3,(H,16,17). The summed E-state index contributed by atoms with van der Waals surface area (Å²) in [6.07, 6.45) is 3.26. The van der Waals surface area contributed by atoms with Crippen molar-refractivity contribution in [1.82, 2.24) is 5.43 Å². The van der Waals surface area contributed by atoms with Gasteiger partial charge >= 0.3 is 0 Å². The molecule has 1 amide bonds. The first-order valence-corrected chi connectivity index (χ1v) is 5.76. The van der Waals surface area contributed by atoms with E-state index in [9.17, 15) is 4.79 Å². The van der Waals surface area contributed by atoms with Crippen LogP contribution >= 0.6 is 0 Å². The Labute approximate surface area is 110 Å². The monoisotopic (exact) mass is 258 g/mol. The van der Waals surface area contributed by atoms with Crippen molar-refractivity contribution in [2.24, 2.45) is 5.10 Å². The highest BCUT2D eigenvalue weighted by Crippen LogP contribution is 2.11. The van der Waals surface area contributed by atoms with E-state index in [0.29, 0.717) is 5.76 Å². The van der Waals surface area contributed by atoms with Gasteiger partial charge in [0, 0.05) is 0 Å². The summed E-state index contributed by atoms with van der Waals surface area (Å²) in [4.78, 5) is 11.6. The second kappa shape index (κ2) is 6.39. The molecule has 98 valence electrons. The van der Waals surface area contributed by atoms with Gasteiger partial charge in [0.1, 0.15) is 11.5 Å². The first kappa shape index (κ1) is 12.9. The molecule has 0 atom stereocenters. The second-order valence-corrected chi connectivity index (χ2v) is 3.83. The van der Waals surface area contributed by atoms with Gasteiger partial charge in [-0.15, -0.1) is 0 Å². The number of rotatable bonds is 5. The molecule has 0 saturated carbocycles. The van der Waals surface area contributed by atoms with Gasteiger partial charge in [0.05, 0.1) is 26.0 Å². The van der Waals surface area contributed by atoms with E-state index in [2.05, 4.69) is 10.5 Å². The van der Waals surface area contributed by atoms with Gasteiger partial charge in [-0.05, 0) is 29.8 Å². The molecule has 19 heavy (non-hydrogen) atoms. The highest BCUT2D eigenvalue weighted by atomic mass is 16.5. The summed E-state index contributed by atoms with van der Waals surface area (Å²) in [6.45, 7) is 0. The van der Waals surface area contributed by atoms with Gasteiger partial charge in [0.25, 0.3) is 0 Å². The van der Waals surface area contributed by atoms with Crippen molar-refractivity contribution in [3.05, 3.63) is 54.0 Å². The number of hydrogen-bond donors (Lipinski definition) is 1. The number of hydrazone groups is 1. The minimum Gasteiger partial charge on any atom is -0.497 e. The summed E-state index contributed by atoms with van der Waals surface area (Å²) in [5.74, 6) is 1.16. The average Bonchev–Trinajstić information content (AvgIpc) is 2.93. The van der Waals surface area contributed by atoms with Gasteiger partial charge in [-0.3, -0.25) is 4.79 Å². The number of nitrogens with zero attached hydrogens (tertiary/aromatic N) is 1. The molecule has 0 fully saturated rings. The first-order valence-electron chi connectivity index (χ1n) is 5.76. The molecule has 0 bridgehead atoms. The van der Waals surface area contributed by atoms with Crippen LogP contribution in [0.2, 0.25) is 0 Å². The van der Waals surface area contributed by atoms with Gasteiger partial charge < -0.3 is 9.15 Å². The number of benzene rings is 1. The van der Waals surface area contributed by atoms with Gasteiger partial charge in [0.2, 0.25) is 5.91 Å². The zero-order chi connectivity index (χ0) is 13.5. The number of furan rings is 1. The number of hydrogen-bond acceptors (Lipinski definition) is 4. The molecule has 0 aliphatic heterocycles. The Morgan fingerprint density at radius 1 is 1.37 bits per heavy atom. The van der Waals surface area contributed by atoms with E-state index in [4.69, 9.17) is 9.15 Å². The van der Waals surface area contributed by atoms with Crippen LogP contribution in [0.15, 0.2) is 52.2 Å². The molecule has 5 heteroatoms. The summed E-state index contributed by atoms with van der Waals surface area (Å²) in [5, 5.41) is 3.80. The third-order valence-electron chi connectivity index (χ3n) is 2.45. The van der Waals surface area contributed by atoms with Crippen LogP contribution < -0.4 is 10.2 Å². The van der Waals surface area contributed by atoms with Crippen molar-refractivity contribution in [3.8, 4) is 5.75 Å². The highest BCUT2D eigenvalue weighted by Gasteiger charge is 2.02. The Hall–Kier alpha value is -2.56. The summed E-state index contributed by atoms with van der Waals surface area (Å²) in [5.41, 5.74) is 3.33. The molecule has 0 spiro atoms. The molecule has 0 radical (unpaired) electrons. The molecule has 1 N–H and O–H groups in total. The van der Waals surface area contributed by atoms with Gasteiger partial charge in [0.15, 0.2) is 0 Å². The highest BCUT2D eigenvalue weighted by molar-refractivity contribution is 5.81. The molecular weight excluding hydrogens is 244 g/mol. The Kier molecular flexibility index (Phi) is 4.34. The molecule has 0 unspecified atom stereocenters. The third-order valence-corrected chi connectivity index (χ3v) is 2.45. The second-order valence-electron chi connectivity index (χ2n) is 3.83. The van der Waals surface area contributed by atoms with Crippen LogP contribution in [0.5, 0.6) is 5.75 Å². The minimum absolute atomic E-state index is 0.187. The fraction of sp³-hybridized carbons (Fsp3) is 0.143. The normalized spacial score (nSPS) is 10.6. The van der Waals surface area contributed by atoms with Crippen molar-refractivity contribution in [1.29, 1.82) is 0 Å². The molecule has 0 aliphatic rings. The van der Waals surface area contributed by atoms with Crippen molar-refractivity contribution >= 4 is 12.1 Å². The first-order chi connectivity index (χ1) is 9.28. The fourth-order valence-corrected chi connectivity index (χ4v) is 1.50. The zero-order valence-corrected chi connectivity index (χ0v) is 10.5. The topological polar surface area (TPSA) is 63.8 Å². The van der Waals surface area contributed by atoms with Gasteiger partial charge in [-0.1, -0.05) is 12.1 Å². The van der Waals surface area contributed by atoms with Crippen LogP contribution in [0.4, 0.5) is 0 Å². The van der Waals surface area contributed by atoms with E-state index in [1.54, 1.807) is 25.5 Å². The fourth-order valence-electron chi connectivity index (χ4n) is 1.50. The van der Waals surface area contributed by atoms with Crippen molar-refractivity contribution in [2.45, 2.75) is 6.42 Å². The van der Waals surface area contributed by atoms with E-state index in [-0.39, 0.29) is 12.3 Å². The predicted molar refractivity (Wildman–Crippen MR) is 71.1 cm³/mol. The van der Waals surface area contributed by atoms with Crippen molar-refractivity contribution in [2.75, 3.05) is 7.11 Å². The van der Waals surface area contributed by atoms with Crippen LogP contribution in [0.1, 0.15) is 11.3 Å². The maximum atomic E-state index is 11.6. The van der Waals surface area contributed by atoms with Crippen LogP contribution in [0.3, 0.4) is 0 Å². The molecule has 2 aromatic rings. The zero-order valence-electron chi connectivity index (χ0n) is 10.5. The van der Waals surface area contributed by atoms with Crippen molar-refractivity contribution < 1.29 is 13.9 Å². The quantitative estimate of drug-likeness (QED) is 0.659. The van der Waals surface area contributed by atoms with Crippen LogP contribution in [-0.2, 0) is 11.2 Å². The Morgan fingerprint density at radius 2 is 2.16 bits per heavy atom. The van der Waals surface area contributed by atoms with Crippen molar-refractivity contribution in [3.63, 3.8) is 0 Å². The SMILES string of the molecule is COc1ccc(CC(=O)NN=Cc2ccco2)cc1. The summed E-state index contributed by atoms with van der Waals surface area (Å²) in [6, 6.07) is 10.8. The lowest BCUT2D eigenvalue weighted by Gasteiger charge is -2.02. The largest absolute Gasteiger partial charge is 0.497 e. The lowest BCUT2D eigenvalue weighted by Crippen LogP contribution is -2.19. The molecule has 5 nitrogen and oxygen atoms in total.